The summed E-state index contributed by atoms with van der Waals surface area (Å²) < 4.78 is 0. The van der Waals surface area contributed by atoms with E-state index in [2.05, 4.69) is 43.1 Å². The summed E-state index contributed by atoms with van der Waals surface area (Å²) in [5, 5.41) is 0. The average molecular weight is 240 g/mol. The van der Waals surface area contributed by atoms with Gasteiger partial charge in [0.15, 0.2) is 0 Å². The van der Waals surface area contributed by atoms with Crippen molar-refractivity contribution in [3.05, 3.63) is 64.5 Å². The lowest BCUT2D eigenvalue weighted by molar-refractivity contribution is 0.705. The Balaban J connectivity index is 2.27. The first kappa shape index (κ1) is 12.8. The molecule has 18 heavy (non-hydrogen) atoms. The summed E-state index contributed by atoms with van der Waals surface area (Å²) >= 11 is 0. The largest absolute Gasteiger partial charge is 0.324 e. The van der Waals surface area contributed by atoms with Crippen LogP contribution >= 0.6 is 0 Å². The normalized spacial score (nSPS) is 12.4. The number of aromatic nitrogens is 1. The van der Waals surface area contributed by atoms with Crippen LogP contribution in [-0.2, 0) is 6.42 Å². The number of nitrogens with zero attached hydrogens (tertiary/aromatic N) is 1. The minimum atomic E-state index is 0.0125. The molecule has 2 heteroatoms. The van der Waals surface area contributed by atoms with Gasteiger partial charge in [-0.15, -0.1) is 0 Å². The van der Waals surface area contributed by atoms with Crippen molar-refractivity contribution >= 4 is 0 Å². The topological polar surface area (TPSA) is 38.9 Å². The lowest BCUT2D eigenvalue weighted by Crippen LogP contribution is -2.16. The van der Waals surface area contributed by atoms with E-state index in [1.54, 1.807) is 0 Å². The summed E-state index contributed by atoms with van der Waals surface area (Å²) in [7, 11) is 0. The molecule has 0 bridgehead atoms. The van der Waals surface area contributed by atoms with Gasteiger partial charge in [0.2, 0.25) is 0 Å². The van der Waals surface area contributed by atoms with Crippen LogP contribution in [0.25, 0.3) is 0 Å². The molecule has 1 atom stereocenters. The Morgan fingerprint density at radius 3 is 2.33 bits per heavy atom. The zero-order valence-electron chi connectivity index (χ0n) is 11.3. The van der Waals surface area contributed by atoms with Crippen molar-refractivity contribution in [1.82, 2.24) is 4.98 Å². The first-order valence-corrected chi connectivity index (χ1v) is 6.31. The third kappa shape index (κ3) is 2.59. The van der Waals surface area contributed by atoms with Crippen molar-refractivity contribution in [3.8, 4) is 0 Å². The van der Waals surface area contributed by atoms with Gasteiger partial charge in [0.05, 0.1) is 0 Å². The number of rotatable bonds is 3. The van der Waals surface area contributed by atoms with Gasteiger partial charge in [-0.25, -0.2) is 0 Å². The summed E-state index contributed by atoms with van der Waals surface area (Å²) in [6.07, 6.45) is 2.68. The van der Waals surface area contributed by atoms with Crippen LogP contribution in [0, 0.1) is 20.8 Å². The van der Waals surface area contributed by atoms with E-state index in [1.165, 1.54) is 16.7 Å². The SMILES string of the molecule is Cc1cccc(C)c1CC(N)c1cccnc1C. The predicted octanol–water partition coefficient (Wildman–Crippen LogP) is 3.25. The predicted molar refractivity (Wildman–Crippen MR) is 75.5 cm³/mol. The number of aryl methyl sites for hydroxylation is 3. The number of pyridine rings is 1. The van der Waals surface area contributed by atoms with Crippen molar-refractivity contribution in [2.24, 2.45) is 5.73 Å². The van der Waals surface area contributed by atoms with E-state index in [9.17, 15) is 0 Å². The Bertz CT molecular complexity index is 526. The van der Waals surface area contributed by atoms with Crippen molar-refractivity contribution in [3.63, 3.8) is 0 Å². The third-order valence-electron chi connectivity index (χ3n) is 3.52. The molecule has 94 valence electrons. The summed E-state index contributed by atoms with van der Waals surface area (Å²) in [5.74, 6) is 0. The molecule has 0 aliphatic carbocycles. The van der Waals surface area contributed by atoms with E-state index >= 15 is 0 Å². The van der Waals surface area contributed by atoms with Crippen molar-refractivity contribution in [2.75, 3.05) is 0 Å². The van der Waals surface area contributed by atoms with E-state index in [4.69, 9.17) is 5.73 Å². The minimum Gasteiger partial charge on any atom is -0.324 e. The molecule has 1 heterocycles. The quantitative estimate of drug-likeness (QED) is 0.894. The zero-order valence-corrected chi connectivity index (χ0v) is 11.3. The Kier molecular flexibility index (Phi) is 3.78. The Morgan fingerprint density at radius 2 is 1.72 bits per heavy atom. The van der Waals surface area contributed by atoms with E-state index < -0.39 is 0 Å². The smallest absolute Gasteiger partial charge is 0.0420 e. The van der Waals surface area contributed by atoms with Crippen molar-refractivity contribution in [1.29, 1.82) is 0 Å². The van der Waals surface area contributed by atoms with Gasteiger partial charge in [-0.2, -0.15) is 0 Å². The number of benzene rings is 1. The third-order valence-corrected chi connectivity index (χ3v) is 3.52. The van der Waals surface area contributed by atoms with Gasteiger partial charge >= 0.3 is 0 Å². The van der Waals surface area contributed by atoms with Crippen LogP contribution in [0.4, 0.5) is 0 Å². The molecule has 2 nitrogen and oxygen atoms in total. The fourth-order valence-electron chi connectivity index (χ4n) is 2.39. The number of hydrogen-bond acceptors (Lipinski definition) is 2. The highest BCUT2D eigenvalue weighted by Gasteiger charge is 2.12. The van der Waals surface area contributed by atoms with Gasteiger partial charge in [0.1, 0.15) is 0 Å². The van der Waals surface area contributed by atoms with E-state index in [1.807, 2.05) is 19.2 Å². The highest BCUT2D eigenvalue weighted by Crippen LogP contribution is 2.22. The van der Waals surface area contributed by atoms with Gasteiger partial charge < -0.3 is 5.73 Å². The van der Waals surface area contributed by atoms with Crippen molar-refractivity contribution < 1.29 is 0 Å². The van der Waals surface area contributed by atoms with Crippen LogP contribution in [-0.4, -0.2) is 4.98 Å². The van der Waals surface area contributed by atoms with Crippen LogP contribution in [0.3, 0.4) is 0 Å². The maximum absolute atomic E-state index is 6.33. The molecule has 0 saturated heterocycles. The highest BCUT2D eigenvalue weighted by molar-refractivity contribution is 5.35. The number of hydrogen-bond donors (Lipinski definition) is 1. The van der Waals surface area contributed by atoms with Crippen LogP contribution in [0.2, 0.25) is 0 Å². The van der Waals surface area contributed by atoms with Gasteiger partial charge in [0, 0.05) is 17.9 Å². The fourth-order valence-corrected chi connectivity index (χ4v) is 2.39. The summed E-state index contributed by atoms with van der Waals surface area (Å²) in [5.41, 5.74) is 12.5. The number of nitrogens with two attached hydrogens (primary N) is 1. The molecule has 0 aliphatic heterocycles. The molecule has 2 rings (SSSR count). The highest BCUT2D eigenvalue weighted by atomic mass is 14.7. The molecule has 0 amide bonds. The molecule has 0 saturated carbocycles. The Labute approximate surface area is 109 Å². The van der Waals surface area contributed by atoms with Gasteiger partial charge in [-0.1, -0.05) is 24.3 Å². The maximum atomic E-state index is 6.33. The van der Waals surface area contributed by atoms with Crippen LogP contribution in [0.15, 0.2) is 36.5 Å². The van der Waals surface area contributed by atoms with Gasteiger partial charge in [0.25, 0.3) is 0 Å². The zero-order chi connectivity index (χ0) is 13.1. The van der Waals surface area contributed by atoms with Crippen LogP contribution in [0.5, 0.6) is 0 Å². The van der Waals surface area contributed by atoms with E-state index in [-0.39, 0.29) is 6.04 Å². The lowest BCUT2D eigenvalue weighted by atomic mass is 9.93. The molecule has 2 aromatic rings. The maximum Gasteiger partial charge on any atom is 0.0420 e. The molecule has 1 aromatic carbocycles. The van der Waals surface area contributed by atoms with Crippen LogP contribution < -0.4 is 5.73 Å². The van der Waals surface area contributed by atoms with Crippen molar-refractivity contribution in [2.45, 2.75) is 33.2 Å². The average Bonchev–Trinajstić information content (AvgIpc) is 2.34. The molecular formula is C16H20N2. The monoisotopic (exact) mass is 240 g/mol. The molecule has 1 unspecified atom stereocenters. The Morgan fingerprint density at radius 1 is 1.06 bits per heavy atom. The lowest BCUT2D eigenvalue weighted by Gasteiger charge is -2.17. The first-order valence-electron chi connectivity index (χ1n) is 6.31. The molecule has 0 fully saturated rings. The fraction of sp³-hybridized carbons (Fsp3) is 0.312. The molecule has 1 aromatic heterocycles. The summed E-state index contributed by atoms with van der Waals surface area (Å²) in [4.78, 5) is 4.31. The second-order valence-electron chi connectivity index (χ2n) is 4.86. The van der Waals surface area contributed by atoms with Gasteiger partial charge in [-0.05, 0) is 55.5 Å². The summed E-state index contributed by atoms with van der Waals surface area (Å²) in [6, 6.07) is 10.4. The van der Waals surface area contributed by atoms with Gasteiger partial charge in [-0.3, -0.25) is 4.98 Å². The molecule has 2 N–H and O–H groups in total. The summed E-state index contributed by atoms with van der Waals surface area (Å²) in [6.45, 7) is 6.30. The molecular weight excluding hydrogens is 220 g/mol. The first-order chi connectivity index (χ1) is 8.59. The second kappa shape index (κ2) is 5.32. The van der Waals surface area contributed by atoms with Crippen LogP contribution in [0.1, 0.15) is 34.0 Å². The molecule has 0 spiro atoms. The Hall–Kier alpha value is -1.67. The molecule has 0 radical (unpaired) electrons. The van der Waals surface area contributed by atoms with E-state index in [0.29, 0.717) is 0 Å². The molecule has 0 aliphatic rings. The standard InChI is InChI=1S/C16H20N2/c1-11-6-4-7-12(2)15(11)10-16(17)14-8-5-9-18-13(14)3/h4-9,16H,10,17H2,1-3H3. The minimum absolute atomic E-state index is 0.0125. The van der Waals surface area contributed by atoms with E-state index in [0.717, 1.165) is 17.7 Å². The second-order valence-corrected chi connectivity index (χ2v) is 4.86.